The lowest BCUT2D eigenvalue weighted by atomic mass is 10.1. The van der Waals surface area contributed by atoms with Crippen molar-refractivity contribution in [2.75, 3.05) is 27.2 Å². The molecule has 4 aromatic carbocycles. The first-order valence-corrected chi connectivity index (χ1v) is 14.0. The molecule has 0 saturated heterocycles. The molecule has 0 N–H and O–H groups in total. The smallest absolute Gasteiger partial charge is 0.0400 e. The summed E-state index contributed by atoms with van der Waals surface area (Å²) in [6, 6.07) is 31.1. The molecular formula is C31H30N2S2. The van der Waals surface area contributed by atoms with Crippen molar-refractivity contribution in [2.24, 2.45) is 0 Å². The van der Waals surface area contributed by atoms with Crippen LogP contribution in [0, 0.1) is 0 Å². The second kappa shape index (κ2) is 9.71. The lowest BCUT2D eigenvalue weighted by molar-refractivity contribution is 0.271. The minimum absolute atomic E-state index is 0.995. The summed E-state index contributed by atoms with van der Waals surface area (Å²) in [5.41, 5.74) is 2.88. The first-order valence-electron chi connectivity index (χ1n) is 12.3. The van der Waals surface area contributed by atoms with Crippen LogP contribution in [0.15, 0.2) is 84.9 Å². The van der Waals surface area contributed by atoms with E-state index >= 15 is 0 Å². The number of hydrogen-bond donors (Lipinski definition) is 0. The summed E-state index contributed by atoms with van der Waals surface area (Å²) in [5.74, 6) is 0. The highest BCUT2D eigenvalue weighted by Crippen LogP contribution is 2.37. The molecule has 0 unspecified atom stereocenters. The molecule has 0 aliphatic heterocycles. The molecule has 0 radical (unpaired) electrons. The van der Waals surface area contributed by atoms with Gasteiger partial charge in [-0.05, 0) is 56.9 Å². The minimum atomic E-state index is 0.995. The lowest BCUT2D eigenvalue weighted by Crippen LogP contribution is -2.25. The van der Waals surface area contributed by atoms with E-state index in [0.29, 0.717) is 0 Å². The van der Waals surface area contributed by atoms with E-state index < -0.39 is 0 Å². The van der Waals surface area contributed by atoms with E-state index in [-0.39, 0.29) is 0 Å². The van der Waals surface area contributed by atoms with E-state index in [1.807, 2.05) is 22.7 Å². The van der Waals surface area contributed by atoms with Crippen LogP contribution in [0.2, 0.25) is 0 Å². The molecule has 2 aromatic heterocycles. The average Bonchev–Trinajstić information content (AvgIpc) is 3.44. The fourth-order valence-corrected chi connectivity index (χ4v) is 7.62. The molecule has 0 fully saturated rings. The van der Waals surface area contributed by atoms with Gasteiger partial charge in [0.2, 0.25) is 0 Å². The second-order valence-corrected chi connectivity index (χ2v) is 11.7. The van der Waals surface area contributed by atoms with Gasteiger partial charge in [-0.1, -0.05) is 72.8 Å². The Morgan fingerprint density at radius 2 is 0.943 bits per heavy atom. The minimum Gasteiger partial charge on any atom is -0.302 e. The van der Waals surface area contributed by atoms with Gasteiger partial charge in [-0.3, -0.25) is 0 Å². The van der Waals surface area contributed by atoms with Gasteiger partial charge in [0.1, 0.15) is 0 Å². The summed E-state index contributed by atoms with van der Waals surface area (Å²) < 4.78 is 5.64. The van der Waals surface area contributed by atoms with Gasteiger partial charge < -0.3 is 9.80 Å². The van der Waals surface area contributed by atoms with Gasteiger partial charge in [0.05, 0.1) is 0 Å². The molecule has 6 aromatic rings. The van der Waals surface area contributed by atoms with E-state index in [9.17, 15) is 0 Å². The van der Waals surface area contributed by atoms with Gasteiger partial charge in [-0.25, -0.2) is 0 Å². The second-order valence-electron chi connectivity index (χ2n) is 9.61. The predicted octanol–water partition coefficient (Wildman–Crippen LogP) is 8.38. The monoisotopic (exact) mass is 494 g/mol. The number of hydrogen-bond acceptors (Lipinski definition) is 4. The maximum Gasteiger partial charge on any atom is 0.0400 e. The SMILES string of the molecule is CN(CCCN(C)Cc1cccc2c1sc1ccccc12)Cc1cccc2c1sc1ccccc12. The van der Waals surface area contributed by atoms with Crippen LogP contribution in [-0.2, 0) is 13.1 Å². The maximum absolute atomic E-state index is 2.47. The van der Waals surface area contributed by atoms with Crippen molar-refractivity contribution in [2.45, 2.75) is 19.5 Å². The van der Waals surface area contributed by atoms with Gasteiger partial charge in [-0.15, -0.1) is 22.7 Å². The molecule has 176 valence electrons. The number of rotatable bonds is 8. The van der Waals surface area contributed by atoms with Gasteiger partial charge in [0, 0.05) is 53.4 Å². The largest absolute Gasteiger partial charge is 0.302 e. The molecule has 4 heteroatoms. The summed E-state index contributed by atoms with van der Waals surface area (Å²) in [7, 11) is 4.51. The Bertz CT molecular complexity index is 1510. The average molecular weight is 495 g/mol. The first-order chi connectivity index (χ1) is 17.2. The normalized spacial score (nSPS) is 12.2. The molecule has 0 saturated carbocycles. The van der Waals surface area contributed by atoms with Crippen LogP contribution in [0.5, 0.6) is 0 Å². The Morgan fingerprint density at radius 3 is 1.43 bits per heavy atom. The zero-order chi connectivity index (χ0) is 23.8. The van der Waals surface area contributed by atoms with Crippen LogP contribution >= 0.6 is 22.7 Å². The van der Waals surface area contributed by atoms with Crippen molar-refractivity contribution in [3.05, 3.63) is 96.1 Å². The van der Waals surface area contributed by atoms with Gasteiger partial charge in [0.15, 0.2) is 0 Å². The molecule has 35 heavy (non-hydrogen) atoms. The molecule has 0 spiro atoms. The van der Waals surface area contributed by atoms with Crippen molar-refractivity contribution in [1.29, 1.82) is 0 Å². The van der Waals surface area contributed by atoms with Crippen molar-refractivity contribution < 1.29 is 0 Å². The Kier molecular flexibility index (Phi) is 6.29. The van der Waals surface area contributed by atoms with Crippen molar-refractivity contribution in [3.8, 4) is 0 Å². The third-order valence-electron chi connectivity index (χ3n) is 6.93. The third-order valence-corrected chi connectivity index (χ3v) is 9.46. The van der Waals surface area contributed by atoms with Crippen LogP contribution < -0.4 is 0 Å². The molecule has 0 amide bonds. The van der Waals surface area contributed by atoms with Crippen molar-refractivity contribution in [3.63, 3.8) is 0 Å². The zero-order valence-electron chi connectivity index (χ0n) is 20.3. The predicted molar refractivity (Wildman–Crippen MR) is 156 cm³/mol. The van der Waals surface area contributed by atoms with E-state index in [0.717, 1.165) is 32.6 Å². The van der Waals surface area contributed by atoms with Crippen LogP contribution in [0.3, 0.4) is 0 Å². The van der Waals surface area contributed by atoms with E-state index in [1.165, 1.54) is 51.5 Å². The van der Waals surface area contributed by atoms with E-state index in [2.05, 4.69) is 109 Å². The molecule has 0 bridgehead atoms. The zero-order valence-corrected chi connectivity index (χ0v) is 22.0. The number of fused-ring (bicyclic) bond motifs is 6. The Hall–Kier alpha value is -2.76. The highest BCUT2D eigenvalue weighted by molar-refractivity contribution is 7.26. The third kappa shape index (κ3) is 4.48. The standard InChI is InChI=1S/C31H30N2S2/c1-32(20-22-10-7-14-26-24-12-3-5-16-28(24)34-30(22)26)18-9-19-33(2)21-23-11-8-15-27-25-13-4-6-17-29(25)35-31(23)27/h3-8,10-17H,9,18-21H2,1-2H3. The van der Waals surface area contributed by atoms with E-state index in [4.69, 9.17) is 0 Å². The molecule has 0 aliphatic carbocycles. The lowest BCUT2D eigenvalue weighted by Gasteiger charge is -2.21. The highest BCUT2D eigenvalue weighted by Gasteiger charge is 2.12. The molecule has 6 rings (SSSR count). The van der Waals surface area contributed by atoms with Crippen LogP contribution in [0.4, 0.5) is 0 Å². The van der Waals surface area contributed by atoms with Gasteiger partial charge in [0.25, 0.3) is 0 Å². The molecule has 0 atom stereocenters. The molecule has 2 heterocycles. The van der Waals surface area contributed by atoms with E-state index in [1.54, 1.807) is 0 Å². The molecule has 2 nitrogen and oxygen atoms in total. The summed E-state index contributed by atoms with van der Waals surface area (Å²) in [5, 5.41) is 5.55. The summed E-state index contributed by atoms with van der Waals surface area (Å²) in [4.78, 5) is 4.94. The Labute approximate surface area is 215 Å². The summed E-state index contributed by atoms with van der Waals surface area (Å²) in [6.45, 7) is 4.18. The fourth-order valence-electron chi connectivity index (χ4n) is 5.21. The van der Waals surface area contributed by atoms with Crippen LogP contribution in [0.25, 0.3) is 40.3 Å². The summed E-state index contributed by atoms with van der Waals surface area (Å²) >= 11 is 3.86. The van der Waals surface area contributed by atoms with Crippen molar-refractivity contribution >= 4 is 63.0 Å². The molecular weight excluding hydrogens is 464 g/mol. The Balaban J connectivity index is 1.09. The topological polar surface area (TPSA) is 6.48 Å². The first kappa shape index (κ1) is 22.7. The molecule has 0 aliphatic rings. The fraction of sp³-hybridized carbons (Fsp3) is 0.226. The summed E-state index contributed by atoms with van der Waals surface area (Å²) in [6.07, 6.45) is 1.16. The quantitative estimate of drug-likeness (QED) is 0.210. The Morgan fingerprint density at radius 1 is 0.514 bits per heavy atom. The van der Waals surface area contributed by atoms with Crippen LogP contribution in [0.1, 0.15) is 17.5 Å². The number of benzene rings is 4. The van der Waals surface area contributed by atoms with Crippen LogP contribution in [-0.4, -0.2) is 37.0 Å². The highest BCUT2D eigenvalue weighted by atomic mass is 32.1. The maximum atomic E-state index is 2.47. The van der Waals surface area contributed by atoms with Gasteiger partial charge in [-0.2, -0.15) is 0 Å². The number of thiophene rings is 2. The van der Waals surface area contributed by atoms with Crippen molar-refractivity contribution in [1.82, 2.24) is 9.80 Å². The van der Waals surface area contributed by atoms with Gasteiger partial charge >= 0.3 is 0 Å². The number of nitrogens with zero attached hydrogens (tertiary/aromatic N) is 2.